The Labute approximate surface area is 143 Å². The lowest BCUT2D eigenvalue weighted by Gasteiger charge is -2.36. The molecule has 6 nitrogen and oxygen atoms in total. The monoisotopic (exact) mass is 333 g/mol. The molecule has 2 aliphatic heterocycles. The van der Waals surface area contributed by atoms with Crippen LogP contribution in [-0.2, 0) is 14.3 Å². The standard InChI is InChI=1S/C18H27N3O3/c1-15-5-4-7-19-18(15)21-10-8-20(9-11-21)17(22)14-23-13-16-6-2-3-12-24-16/h4-5,7,16H,2-3,6,8-14H2,1H3/t16-/m0/s1. The van der Waals surface area contributed by atoms with Crippen molar-refractivity contribution in [3.05, 3.63) is 23.9 Å². The molecule has 1 atom stereocenters. The first-order valence-electron chi connectivity index (χ1n) is 8.88. The van der Waals surface area contributed by atoms with Crippen LogP contribution in [-0.4, -0.2) is 67.9 Å². The number of anilines is 1. The van der Waals surface area contributed by atoms with E-state index in [0.29, 0.717) is 6.61 Å². The van der Waals surface area contributed by atoms with Crippen LogP contribution in [0.4, 0.5) is 5.82 Å². The second-order valence-corrected chi connectivity index (χ2v) is 6.52. The Morgan fingerprint density at radius 2 is 2.17 bits per heavy atom. The van der Waals surface area contributed by atoms with Gasteiger partial charge >= 0.3 is 0 Å². The van der Waals surface area contributed by atoms with Crippen molar-refractivity contribution in [2.24, 2.45) is 0 Å². The highest BCUT2D eigenvalue weighted by Gasteiger charge is 2.23. The van der Waals surface area contributed by atoms with Gasteiger partial charge in [0.15, 0.2) is 0 Å². The molecule has 1 aromatic heterocycles. The Morgan fingerprint density at radius 1 is 1.33 bits per heavy atom. The second kappa shape index (κ2) is 8.44. The smallest absolute Gasteiger partial charge is 0.248 e. The molecule has 0 aliphatic carbocycles. The van der Waals surface area contributed by atoms with Gasteiger partial charge < -0.3 is 19.3 Å². The number of carbonyl (C=O) groups excluding carboxylic acids is 1. The molecule has 3 rings (SSSR count). The van der Waals surface area contributed by atoms with E-state index in [-0.39, 0.29) is 18.6 Å². The Morgan fingerprint density at radius 3 is 2.88 bits per heavy atom. The van der Waals surface area contributed by atoms with Crippen molar-refractivity contribution in [2.45, 2.75) is 32.3 Å². The van der Waals surface area contributed by atoms with Gasteiger partial charge in [-0.1, -0.05) is 6.07 Å². The molecule has 0 bridgehead atoms. The van der Waals surface area contributed by atoms with E-state index >= 15 is 0 Å². The normalized spacial score (nSPS) is 21.8. The summed E-state index contributed by atoms with van der Waals surface area (Å²) in [5.74, 6) is 1.10. The third-order valence-corrected chi connectivity index (χ3v) is 4.72. The van der Waals surface area contributed by atoms with E-state index in [2.05, 4.69) is 22.9 Å². The first-order valence-corrected chi connectivity index (χ1v) is 8.88. The number of aromatic nitrogens is 1. The van der Waals surface area contributed by atoms with Crippen LogP contribution in [0.25, 0.3) is 0 Å². The summed E-state index contributed by atoms with van der Waals surface area (Å²) in [5.41, 5.74) is 1.17. The second-order valence-electron chi connectivity index (χ2n) is 6.52. The van der Waals surface area contributed by atoms with E-state index in [9.17, 15) is 4.79 Å². The average Bonchev–Trinajstić information content (AvgIpc) is 2.63. The van der Waals surface area contributed by atoms with Gasteiger partial charge in [0.05, 0.1) is 12.7 Å². The fourth-order valence-corrected chi connectivity index (χ4v) is 3.28. The average molecular weight is 333 g/mol. The van der Waals surface area contributed by atoms with Crippen LogP contribution in [0, 0.1) is 6.92 Å². The van der Waals surface area contributed by atoms with Crippen LogP contribution in [0.15, 0.2) is 18.3 Å². The van der Waals surface area contributed by atoms with Gasteiger partial charge in [0.25, 0.3) is 0 Å². The van der Waals surface area contributed by atoms with E-state index in [1.807, 2.05) is 17.2 Å². The van der Waals surface area contributed by atoms with Gasteiger partial charge in [-0.05, 0) is 37.8 Å². The molecule has 1 amide bonds. The minimum Gasteiger partial charge on any atom is -0.376 e. The van der Waals surface area contributed by atoms with Gasteiger partial charge in [-0.2, -0.15) is 0 Å². The first-order chi connectivity index (χ1) is 11.7. The van der Waals surface area contributed by atoms with E-state index in [1.165, 1.54) is 12.0 Å². The third-order valence-electron chi connectivity index (χ3n) is 4.72. The summed E-state index contributed by atoms with van der Waals surface area (Å²) in [7, 11) is 0. The Hall–Kier alpha value is -1.66. The van der Waals surface area contributed by atoms with Crippen LogP contribution in [0.2, 0.25) is 0 Å². The summed E-state index contributed by atoms with van der Waals surface area (Å²) in [6, 6.07) is 4.02. The molecule has 0 spiro atoms. The number of piperazine rings is 1. The number of ether oxygens (including phenoxy) is 2. The number of carbonyl (C=O) groups is 1. The summed E-state index contributed by atoms with van der Waals surface area (Å²) in [4.78, 5) is 20.9. The van der Waals surface area contributed by atoms with Crippen LogP contribution in [0.5, 0.6) is 0 Å². The molecule has 1 aromatic rings. The molecule has 2 fully saturated rings. The van der Waals surface area contributed by atoms with Crippen LogP contribution in [0.1, 0.15) is 24.8 Å². The van der Waals surface area contributed by atoms with Crippen molar-refractivity contribution in [1.82, 2.24) is 9.88 Å². The number of nitrogens with zero attached hydrogens (tertiary/aromatic N) is 3. The zero-order valence-corrected chi connectivity index (χ0v) is 14.4. The number of rotatable bonds is 5. The molecule has 132 valence electrons. The van der Waals surface area contributed by atoms with Crippen LogP contribution >= 0.6 is 0 Å². The molecule has 3 heterocycles. The van der Waals surface area contributed by atoms with Crippen molar-refractivity contribution < 1.29 is 14.3 Å². The molecule has 2 saturated heterocycles. The van der Waals surface area contributed by atoms with E-state index in [1.54, 1.807) is 0 Å². The zero-order valence-electron chi connectivity index (χ0n) is 14.4. The maximum absolute atomic E-state index is 12.3. The maximum atomic E-state index is 12.3. The first kappa shape index (κ1) is 17.2. The predicted octanol–water partition coefficient (Wildman–Crippen LogP) is 1.62. The van der Waals surface area contributed by atoms with Crippen LogP contribution < -0.4 is 4.90 Å². The molecule has 0 radical (unpaired) electrons. The lowest BCUT2D eigenvalue weighted by Crippen LogP contribution is -2.50. The summed E-state index contributed by atoms with van der Waals surface area (Å²) in [5, 5.41) is 0. The Balaban J connectivity index is 1.39. The fraction of sp³-hybridized carbons (Fsp3) is 0.667. The SMILES string of the molecule is Cc1cccnc1N1CCN(C(=O)COC[C@@H]2CCCCO2)CC1. The van der Waals surface area contributed by atoms with Gasteiger partial charge in [-0.15, -0.1) is 0 Å². The molecule has 0 aromatic carbocycles. The van der Waals surface area contributed by atoms with Crippen molar-refractivity contribution in [1.29, 1.82) is 0 Å². The fourth-order valence-electron chi connectivity index (χ4n) is 3.28. The number of hydrogen-bond donors (Lipinski definition) is 0. The summed E-state index contributed by atoms with van der Waals surface area (Å²) >= 11 is 0. The number of amides is 1. The van der Waals surface area contributed by atoms with Crippen molar-refractivity contribution in [3.63, 3.8) is 0 Å². The molecule has 6 heteroatoms. The minimum absolute atomic E-state index is 0.0724. The van der Waals surface area contributed by atoms with Gasteiger partial charge in [-0.25, -0.2) is 4.98 Å². The number of aryl methyl sites for hydroxylation is 1. The number of pyridine rings is 1. The van der Waals surface area contributed by atoms with E-state index < -0.39 is 0 Å². The van der Waals surface area contributed by atoms with Gasteiger partial charge in [-0.3, -0.25) is 4.79 Å². The van der Waals surface area contributed by atoms with Gasteiger partial charge in [0, 0.05) is 39.0 Å². The molecule has 0 saturated carbocycles. The predicted molar refractivity (Wildman–Crippen MR) is 92.2 cm³/mol. The maximum Gasteiger partial charge on any atom is 0.248 e. The third kappa shape index (κ3) is 4.45. The van der Waals surface area contributed by atoms with Crippen molar-refractivity contribution in [2.75, 3.05) is 50.9 Å². The van der Waals surface area contributed by atoms with E-state index in [0.717, 1.165) is 51.4 Å². The molecule has 24 heavy (non-hydrogen) atoms. The van der Waals surface area contributed by atoms with E-state index in [4.69, 9.17) is 9.47 Å². The molecular weight excluding hydrogens is 306 g/mol. The van der Waals surface area contributed by atoms with Gasteiger partial charge in [0.1, 0.15) is 12.4 Å². The largest absolute Gasteiger partial charge is 0.376 e. The lowest BCUT2D eigenvalue weighted by atomic mass is 10.1. The number of hydrogen-bond acceptors (Lipinski definition) is 5. The summed E-state index contributed by atoms with van der Waals surface area (Å²) in [6.45, 7) is 6.64. The Bertz CT molecular complexity index is 538. The Kier molecular flexibility index (Phi) is 6.04. The highest BCUT2D eigenvalue weighted by Crippen LogP contribution is 2.18. The van der Waals surface area contributed by atoms with Crippen LogP contribution in [0.3, 0.4) is 0 Å². The van der Waals surface area contributed by atoms with Gasteiger partial charge in [0.2, 0.25) is 5.91 Å². The highest BCUT2D eigenvalue weighted by molar-refractivity contribution is 5.77. The van der Waals surface area contributed by atoms with Crippen molar-refractivity contribution >= 4 is 11.7 Å². The molecular formula is C18H27N3O3. The lowest BCUT2D eigenvalue weighted by molar-refractivity contribution is -0.138. The summed E-state index contributed by atoms with van der Waals surface area (Å²) in [6.07, 6.45) is 5.35. The molecule has 2 aliphatic rings. The van der Waals surface area contributed by atoms with Crippen molar-refractivity contribution in [3.8, 4) is 0 Å². The zero-order chi connectivity index (χ0) is 16.8. The summed E-state index contributed by atoms with van der Waals surface area (Å²) < 4.78 is 11.2. The molecule has 0 unspecified atom stereocenters. The topological polar surface area (TPSA) is 54.9 Å². The molecule has 0 N–H and O–H groups in total. The minimum atomic E-state index is 0.0724. The highest BCUT2D eigenvalue weighted by atomic mass is 16.5. The quantitative estimate of drug-likeness (QED) is 0.820.